The molecule has 1 unspecified atom stereocenters. The molecule has 1 rings (SSSR count). The summed E-state index contributed by atoms with van der Waals surface area (Å²) in [6.07, 6.45) is 0.663. The molecule has 1 aromatic carbocycles. The van der Waals surface area contributed by atoms with E-state index < -0.39 is 23.4 Å². The predicted molar refractivity (Wildman–Crippen MR) is 75.7 cm³/mol. The van der Waals surface area contributed by atoms with Crippen LogP contribution in [-0.2, 0) is 9.53 Å². The van der Waals surface area contributed by atoms with Gasteiger partial charge in [-0.15, -0.1) is 0 Å². The van der Waals surface area contributed by atoms with Gasteiger partial charge in [-0.3, -0.25) is 4.79 Å². The van der Waals surface area contributed by atoms with Crippen LogP contribution in [0.4, 0.5) is 8.78 Å². The molecule has 0 fully saturated rings. The highest BCUT2D eigenvalue weighted by atomic mass is 19.1. The molecule has 20 heavy (non-hydrogen) atoms. The van der Waals surface area contributed by atoms with Crippen LogP contribution in [0.2, 0.25) is 0 Å². The minimum atomic E-state index is -1.16. The Morgan fingerprint density at radius 1 is 1.25 bits per heavy atom. The smallest absolute Gasteiger partial charge is 0.304 e. The third-order valence-corrected chi connectivity index (χ3v) is 1.95. The maximum absolute atomic E-state index is 12.9. The second-order valence-electron chi connectivity index (χ2n) is 4.69. The number of hydrogen-bond donors (Lipinski definition) is 0. The van der Waals surface area contributed by atoms with Gasteiger partial charge in [0.25, 0.3) is 0 Å². The molecule has 3 nitrogen and oxygen atoms in total. The van der Waals surface area contributed by atoms with E-state index in [1.54, 1.807) is 0 Å². The molecule has 110 valence electrons. The number of nitrogens with zero attached hydrogens (tertiary/aromatic N) is 1. The molecule has 0 saturated heterocycles. The molecule has 0 aliphatic rings. The first-order valence-electron chi connectivity index (χ1n) is 6.27. The van der Waals surface area contributed by atoms with Crippen LogP contribution in [0.3, 0.4) is 0 Å². The average Bonchev–Trinajstić information content (AvgIpc) is 2.33. The lowest BCUT2D eigenvalue weighted by Gasteiger charge is -2.11. The van der Waals surface area contributed by atoms with Crippen LogP contribution in [-0.4, -0.2) is 46.5 Å². The molecular formula is C14H20BF2NO2. The number of carbonyl (C=O) groups excluding carboxylic acids is 1. The molecule has 1 atom stereocenters. The second kappa shape index (κ2) is 9.47. The maximum Gasteiger partial charge on any atom is 0.304 e. The molecule has 0 aromatic heterocycles. The number of carbonyl (C=O) groups is 1. The Morgan fingerprint density at radius 3 is 2.10 bits per heavy atom. The van der Waals surface area contributed by atoms with E-state index in [2.05, 4.69) is 0 Å². The van der Waals surface area contributed by atoms with Gasteiger partial charge in [0.15, 0.2) is 0 Å². The largest absolute Gasteiger partial charge is 0.466 e. The predicted octanol–water partition coefficient (Wildman–Crippen LogP) is 2.31. The summed E-state index contributed by atoms with van der Waals surface area (Å²) in [5.41, 5.74) is 0.0682. The summed E-state index contributed by atoms with van der Waals surface area (Å²) in [6, 6.07) is 2.75. The molecular weight excluding hydrogens is 263 g/mol. The van der Waals surface area contributed by atoms with Crippen molar-refractivity contribution >= 4 is 13.8 Å². The van der Waals surface area contributed by atoms with Crippen LogP contribution in [0.25, 0.3) is 0 Å². The van der Waals surface area contributed by atoms with Crippen LogP contribution in [0.15, 0.2) is 18.2 Å². The van der Waals surface area contributed by atoms with Gasteiger partial charge >= 0.3 is 5.97 Å². The molecule has 0 bridgehead atoms. The molecule has 0 N–H and O–H groups in total. The maximum atomic E-state index is 12.9. The van der Waals surface area contributed by atoms with Crippen molar-refractivity contribution in [2.75, 3.05) is 27.7 Å². The molecule has 0 aliphatic carbocycles. The molecule has 0 saturated carbocycles. The average molecular weight is 283 g/mol. The van der Waals surface area contributed by atoms with Crippen molar-refractivity contribution in [3.8, 4) is 0 Å². The van der Waals surface area contributed by atoms with Crippen LogP contribution >= 0.6 is 0 Å². The van der Waals surface area contributed by atoms with E-state index in [9.17, 15) is 13.6 Å². The zero-order valence-electron chi connectivity index (χ0n) is 12.3. The third-order valence-electron chi connectivity index (χ3n) is 1.95. The van der Waals surface area contributed by atoms with E-state index in [1.807, 2.05) is 33.0 Å². The van der Waals surface area contributed by atoms with Gasteiger partial charge in [-0.25, -0.2) is 8.78 Å². The Bertz CT molecular complexity index is 405. The standard InChI is InChI=1S/C11H11BF2O2.C3H9N/c1-2-3-16-11(15)10(12)7-4-8(13)6-9(14)5-7;1-4(2)3/h4-6,10H,2-3H2,1H3;1-3H3. The van der Waals surface area contributed by atoms with E-state index in [4.69, 9.17) is 12.6 Å². The highest BCUT2D eigenvalue weighted by molar-refractivity contribution is 6.23. The Kier molecular flexibility index (Phi) is 8.80. The van der Waals surface area contributed by atoms with Crippen molar-refractivity contribution in [1.29, 1.82) is 0 Å². The highest BCUT2D eigenvalue weighted by Gasteiger charge is 2.17. The van der Waals surface area contributed by atoms with Crippen molar-refractivity contribution in [1.82, 2.24) is 4.90 Å². The fourth-order valence-corrected chi connectivity index (χ4v) is 1.18. The number of rotatable bonds is 4. The zero-order valence-corrected chi connectivity index (χ0v) is 12.3. The van der Waals surface area contributed by atoms with Gasteiger partial charge in [0.05, 0.1) is 14.5 Å². The SMILES string of the molecule is CN(C)C.[B]C(C(=O)OCCC)c1cc(F)cc(F)c1. The van der Waals surface area contributed by atoms with Gasteiger partial charge in [-0.2, -0.15) is 0 Å². The number of benzene rings is 1. The van der Waals surface area contributed by atoms with E-state index in [0.717, 1.165) is 12.1 Å². The summed E-state index contributed by atoms with van der Waals surface area (Å²) in [4.78, 5) is 13.3. The normalized spacial score (nSPS) is 11.6. The highest BCUT2D eigenvalue weighted by Crippen LogP contribution is 2.17. The lowest BCUT2D eigenvalue weighted by Crippen LogP contribution is -2.17. The molecule has 0 spiro atoms. The van der Waals surface area contributed by atoms with E-state index in [0.29, 0.717) is 12.5 Å². The lowest BCUT2D eigenvalue weighted by atomic mass is 9.81. The fourth-order valence-electron chi connectivity index (χ4n) is 1.18. The number of hydrogen-bond acceptors (Lipinski definition) is 3. The summed E-state index contributed by atoms with van der Waals surface area (Å²) < 4.78 is 30.5. The van der Waals surface area contributed by atoms with E-state index in [1.165, 1.54) is 0 Å². The first-order chi connectivity index (χ1) is 9.27. The van der Waals surface area contributed by atoms with Crippen LogP contribution in [0.1, 0.15) is 24.7 Å². The van der Waals surface area contributed by atoms with Crippen molar-refractivity contribution in [2.45, 2.75) is 19.2 Å². The minimum absolute atomic E-state index is 0.0682. The van der Waals surface area contributed by atoms with Gasteiger partial charge in [0, 0.05) is 11.9 Å². The van der Waals surface area contributed by atoms with E-state index >= 15 is 0 Å². The summed E-state index contributed by atoms with van der Waals surface area (Å²) in [6.45, 7) is 2.07. The van der Waals surface area contributed by atoms with Crippen LogP contribution < -0.4 is 0 Å². The van der Waals surface area contributed by atoms with E-state index in [-0.39, 0.29) is 12.2 Å². The number of esters is 1. The quantitative estimate of drug-likeness (QED) is 0.627. The van der Waals surface area contributed by atoms with Crippen LogP contribution in [0.5, 0.6) is 0 Å². The van der Waals surface area contributed by atoms with Crippen molar-refractivity contribution in [3.63, 3.8) is 0 Å². The Morgan fingerprint density at radius 2 is 1.70 bits per heavy atom. The second-order valence-corrected chi connectivity index (χ2v) is 4.69. The Hall–Kier alpha value is -1.43. The minimum Gasteiger partial charge on any atom is -0.466 e. The topological polar surface area (TPSA) is 29.5 Å². The number of halogens is 2. The van der Waals surface area contributed by atoms with Crippen molar-refractivity contribution in [3.05, 3.63) is 35.4 Å². The zero-order chi connectivity index (χ0) is 15.7. The van der Waals surface area contributed by atoms with Crippen molar-refractivity contribution in [2.24, 2.45) is 0 Å². The monoisotopic (exact) mass is 283 g/mol. The van der Waals surface area contributed by atoms with Gasteiger partial charge in [0.2, 0.25) is 0 Å². The number of ether oxygens (including phenoxy) is 1. The summed E-state index contributed by atoms with van der Waals surface area (Å²) in [7, 11) is 11.5. The fraction of sp³-hybridized carbons (Fsp3) is 0.500. The van der Waals surface area contributed by atoms with Gasteiger partial charge in [-0.05, 0) is 45.3 Å². The molecule has 0 heterocycles. The molecule has 6 heteroatoms. The van der Waals surface area contributed by atoms with Gasteiger partial charge in [-0.1, -0.05) is 6.92 Å². The lowest BCUT2D eigenvalue weighted by molar-refractivity contribution is -0.143. The first-order valence-corrected chi connectivity index (χ1v) is 6.27. The molecule has 0 aliphatic heterocycles. The van der Waals surface area contributed by atoms with Crippen LogP contribution in [0, 0.1) is 11.6 Å². The summed E-state index contributed by atoms with van der Waals surface area (Å²) >= 11 is 0. The Labute approximate surface area is 120 Å². The third kappa shape index (κ3) is 7.89. The first kappa shape index (κ1) is 18.6. The molecule has 1 aromatic rings. The van der Waals surface area contributed by atoms with Gasteiger partial charge in [0.1, 0.15) is 11.6 Å². The van der Waals surface area contributed by atoms with Crippen molar-refractivity contribution < 1.29 is 18.3 Å². The molecule has 0 amide bonds. The summed E-state index contributed by atoms with van der Waals surface area (Å²) in [5.74, 6) is -3.38. The van der Waals surface area contributed by atoms with Gasteiger partial charge < -0.3 is 9.64 Å². The molecule has 2 radical (unpaired) electrons. The summed E-state index contributed by atoms with van der Waals surface area (Å²) in [5, 5.41) is 0. The Balaban J connectivity index is 0.000000796.